The molecule has 0 saturated heterocycles. The Balaban J connectivity index is 0.00000151. The fourth-order valence-corrected chi connectivity index (χ4v) is 2.18. The van der Waals surface area contributed by atoms with E-state index >= 15 is 0 Å². The highest BCUT2D eigenvalue weighted by molar-refractivity contribution is 6.28. The number of carbonyl (C=O) groups excluding carboxylic acids is 1. The number of hydrogen-bond acceptors (Lipinski definition) is 4. The molecule has 1 amide bonds. The van der Waals surface area contributed by atoms with Gasteiger partial charge in [-0.1, -0.05) is 26.0 Å². The molecule has 0 unspecified atom stereocenters. The third-order valence-electron chi connectivity index (χ3n) is 3.09. The van der Waals surface area contributed by atoms with Crippen LogP contribution in [0.3, 0.4) is 0 Å². The smallest absolute Gasteiger partial charge is 0.407 e. The Morgan fingerprint density at radius 2 is 1.92 bits per heavy atom. The summed E-state index contributed by atoms with van der Waals surface area (Å²) in [6, 6.07) is 7.71. The molecule has 0 fully saturated rings. The van der Waals surface area contributed by atoms with Gasteiger partial charge in [-0.25, -0.2) is 14.8 Å². The van der Waals surface area contributed by atoms with Crippen LogP contribution in [0, 0.1) is 6.92 Å². The molecule has 1 aromatic heterocycles. The molecule has 0 aliphatic heterocycles. The minimum absolute atomic E-state index is 0.218. The van der Waals surface area contributed by atoms with E-state index in [1.54, 1.807) is 12.3 Å². The van der Waals surface area contributed by atoms with E-state index in [1.165, 1.54) is 0 Å². The van der Waals surface area contributed by atoms with E-state index in [0.717, 1.165) is 22.4 Å². The molecule has 0 bridgehead atoms. The summed E-state index contributed by atoms with van der Waals surface area (Å²) in [5.74, 6) is 0. The van der Waals surface area contributed by atoms with Crippen LogP contribution < -0.4 is 5.32 Å². The van der Waals surface area contributed by atoms with Crippen molar-refractivity contribution in [2.75, 3.05) is 0 Å². The van der Waals surface area contributed by atoms with Crippen LogP contribution >= 0.6 is 11.6 Å². The minimum Gasteiger partial charge on any atom is -0.444 e. The Hall–Kier alpha value is -2.14. The van der Waals surface area contributed by atoms with Crippen molar-refractivity contribution in [3.8, 4) is 11.3 Å². The normalized spacial score (nSPS) is 10.5. The van der Waals surface area contributed by atoms with Crippen LogP contribution in [0.15, 0.2) is 30.5 Å². The Morgan fingerprint density at radius 1 is 1.24 bits per heavy atom. The first-order chi connectivity index (χ1) is 11.7. The van der Waals surface area contributed by atoms with E-state index in [9.17, 15) is 4.79 Å². The fraction of sp³-hybridized carbons (Fsp3) is 0.421. The summed E-state index contributed by atoms with van der Waals surface area (Å²) in [4.78, 5) is 19.8. The Kier molecular flexibility index (Phi) is 7.84. The van der Waals surface area contributed by atoms with Crippen molar-refractivity contribution in [2.45, 2.75) is 53.7 Å². The van der Waals surface area contributed by atoms with Crippen molar-refractivity contribution in [3.05, 3.63) is 46.9 Å². The monoisotopic (exact) mass is 363 g/mol. The number of amides is 1. The first kappa shape index (κ1) is 20.9. The van der Waals surface area contributed by atoms with E-state index in [1.807, 2.05) is 59.7 Å². The van der Waals surface area contributed by atoms with Gasteiger partial charge in [0.15, 0.2) is 0 Å². The van der Waals surface area contributed by atoms with Crippen LogP contribution in [0.1, 0.15) is 45.7 Å². The van der Waals surface area contributed by atoms with Crippen LogP contribution in [0.5, 0.6) is 0 Å². The second-order valence-electron chi connectivity index (χ2n) is 6.21. The number of nitrogens with zero attached hydrogens (tertiary/aromatic N) is 2. The maximum absolute atomic E-state index is 11.7. The number of aryl methyl sites for hydroxylation is 1. The molecule has 0 saturated carbocycles. The average Bonchev–Trinajstić information content (AvgIpc) is 2.54. The first-order valence-electron chi connectivity index (χ1n) is 8.30. The number of halogens is 1. The maximum Gasteiger partial charge on any atom is 0.407 e. The zero-order valence-electron chi connectivity index (χ0n) is 15.7. The second kappa shape index (κ2) is 9.37. The van der Waals surface area contributed by atoms with Crippen LogP contribution in [0.2, 0.25) is 5.28 Å². The lowest BCUT2D eigenvalue weighted by Crippen LogP contribution is -2.32. The van der Waals surface area contributed by atoms with Gasteiger partial charge in [0, 0.05) is 18.3 Å². The number of aromatic nitrogens is 2. The predicted molar refractivity (Wildman–Crippen MR) is 102 cm³/mol. The highest BCUT2D eigenvalue weighted by Crippen LogP contribution is 2.21. The molecule has 0 aliphatic rings. The second-order valence-corrected chi connectivity index (χ2v) is 6.55. The molecule has 0 radical (unpaired) electrons. The summed E-state index contributed by atoms with van der Waals surface area (Å²) >= 11 is 5.82. The third kappa shape index (κ3) is 7.10. The van der Waals surface area contributed by atoms with Gasteiger partial charge >= 0.3 is 6.09 Å². The lowest BCUT2D eigenvalue weighted by Gasteiger charge is -2.20. The summed E-state index contributed by atoms with van der Waals surface area (Å²) in [5, 5.41) is 2.98. The molecular formula is C19H26ClN3O2. The molecule has 2 rings (SSSR count). The predicted octanol–water partition coefficient (Wildman–Crippen LogP) is 5.16. The SMILES string of the molecule is CC.Cc1cc(-c2ccnc(Cl)n2)ccc1CNC(=O)OC(C)(C)C. The molecular weight excluding hydrogens is 338 g/mol. The van der Waals surface area contributed by atoms with E-state index in [4.69, 9.17) is 16.3 Å². The number of alkyl carbamates (subject to hydrolysis) is 1. The van der Waals surface area contributed by atoms with Crippen molar-refractivity contribution < 1.29 is 9.53 Å². The third-order valence-corrected chi connectivity index (χ3v) is 3.27. The standard InChI is InChI=1S/C17H20ClN3O2.C2H6/c1-11-9-12(14-7-8-19-15(18)21-14)5-6-13(11)10-20-16(22)23-17(2,3)4;1-2/h5-9H,10H2,1-4H3,(H,20,22);1-2H3. The van der Waals surface area contributed by atoms with Gasteiger partial charge < -0.3 is 10.1 Å². The van der Waals surface area contributed by atoms with E-state index in [0.29, 0.717) is 6.54 Å². The summed E-state index contributed by atoms with van der Waals surface area (Å²) < 4.78 is 5.22. The van der Waals surface area contributed by atoms with Crippen LogP contribution in [-0.4, -0.2) is 21.7 Å². The lowest BCUT2D eigenvalue weighted by molar-refractivity contribution is 0.0523. The lowest BCUT2D eigenvalue weighted by atomic mass is 10.0. The van der Waals surface area contributed by atoms with Crippen molar-refractivity contribution in [1.29, 1.82) is 0 Å². The number of ether oxygens (including phenoxy) is 1. The van der Waals surface area contributed by atoms with E-state index in [-0.39, 0.29) is 5.28 Å². The summed E-state index contributed by atoms with van der Waals surface area (Å²) in [7, 11) is 0. The number of hydrogen-bond donors (Lipinski definition) is 1. The highest BCUT2D eigenvalue weighted by Gasteiger charge is 2.16. The number of carbonyl (C=O) groups is 1. The summed E-state index contributed by atoms with van der Waals surface area (Å²) in [5.41, 5.74) is 3.27. The number of benzene rings is 1. The van der Waals surface area contributed by atoms with Gasteiger partial charge in [0.25, 0.3) is 0 Å². The Labute approximate surface area is 154 Å². The highest BCUT2D eigenvalue weighted by atomic mass is 35.5. The van der Waals surface area contributed by atoms with Crippen LogP contribution in [0.25, 0.3) is 11.3 Å². The largest absolute Gasteiger partial charge is 0.444 e. The Bertz CT molecular complexity index is 712. The van der Waals surface area contributed by atoms with Crippen LogP contribution in [-0.2, 0) is 11.3 Å². The summed E-state index contributed by atoms with van der Waals surface area (Å²) in [6.45, 7) is 11.9. The molecule has 6 heteroatoms. The van der Waals surface area contributed by atoms with Crippen LogP contribution in [0.4, 0.5) is 4.79 Å². The van der Waals surface area contributed by atoms with Crippen molar-refractivity contribution in [3.63, 3.8) is 0 Å². The minimum atomic E-state index is -0.505. The number of rotatable bonds is 3. The van der Waals surface area contributed by atoms with Gasteiger partial charge in [0.1, 0.15) is 5.60 Å². The van der Waals surface area contributed by atoms with Crippen molar-refractivity contribution >= 4 is 17.7 Å². The molecule has 1 aromatic carbocycles. The van der Waals surface area contributed by atoms with Gasteiger partial charge in [0.2, 0.25) is 5.28 Å². The van der Waals surface area contributed by atoms with Crippen molar-refractivity contribution in [2.24, 2.45) is 0 Å². The zero-order chi connectivity index (χ0) is 19.0. The molecule has 0 atom stereocenters. The molecule has 136 valence electrons. The van der Waals surface area contributed by atoms with Gasteiger partial charge in [-0.05, 0) is 62.6 Å². The molecule has 0 spiro atoms. The molecule has 25 heavy (non-hydrogen) atoms. The van der Waals surface area contributed by atoms with Gasteiger partial charge in [-0.2, -0.15) is 0 Å². The van der Waals surface area contributed by atoms with Gasteiger partial charge in [0.05, 0.1) is 5.69 Å². The average molecular weight is 364 g/mol. The molecule has 1 N–H and O–H groups in total. The molecule has 0 aliphatic carbocycles. The Morgan fingerprint density at radius 3 is 2.48 bits per heavy atom. The van der Waals surface area contributed by atoms with Gasteiger partial charge in [-0.15, -0.1) is 0 Å². The fourth-order valence-electron chi connectivity index (χ4n) is 2.03. The van der Waals surface area contributed by atoms with E-state index < -0.39 is 11.7 Å². The summed E-state index contributed by atoms with van der Waals surface area (Å²) in [6.07, 6.45) is 1.20. The number of nitrogens with one attached hydrogen (secondary N) is 1. The van der Waals surface area contributed by atoms with Gasteiger partial charge in [-0.3, -0.25) is 0 Å². The van der Waals surface area contributed by atoms with Crippen molar-refractivity contribution in [1.82, 2.24) is 15.3 Å². The topological polar surface area (TPSA) is 64.1 Å². The molecule has 1 heterocycles. The maximum atomic E-state index is 11.7. The zero-order valence-corrected chi connectivity index (χ0v) is 16.4. The van der Waals surface area contributed by atoms with E-state index in [2.05, 4.69) is 15.3 Å². The quantitative estimate of drug-likeness (QED) is 0.765. The molecule has 5 nitrogen and oxygen atoms in total. The molecule has 2 aromatic rings. The first-order valence-corrected chi connectivity index (χ1v) is 8.68.